The molecule has 1 amide bonds. The molecule has 0 radical (unpaired) electrons. The molecule has 0 atom stereocenters. The third kappa shape index (κ3) is 2.80. The average Bonchev–Trinajstić information content (AvgIpc) is 2.89. The summed E-state index contributed by atoms with van der Waals surface area (Å²) in [4.78, 5) is 22.1. The summed E-state index contributed by atoms with van der Waals surface area (Å²) in [6.45, 7) is 1.46. The zero-order valence-corrected chi connectivity index (χ0v) is 9.34. The fraction of sp³-hybridized carbons (Fsp3) is 0.833. The molecule has 0 unspecified atom stereocenters. The normalized spacial score (nSPS) is 23.8. The van der Waals surface area contributed by atoms with Crippen LogP contribution in [-0.2, 0) is 9.59 Å². The minimum atomic E-state index is -0.0979. The molecule has 1 spiro atoms. The van der Waals surface area contributed by atoms with Crippen LogP contribution in [0.2, 0.25) is 0 Å². The maximum Gasteiger partial charge on any atom is 0.227 e. The zero-order chi connectivity index (χ0) is 10.9. The van der Waals surface area contributed by atoms with Crippen LogP contribution in [0.15, 0.2) is 0 Å². The highest BCUT2D eigenvalue weighted by atomic mass is 16.2. The highest BCUT2D eigenvalue weighted by molar-refractivity contribution is 5.96. The molecule has 0 aromatic carbocycles. The number of carbonyl (C=O) groups is 2. The topological polar surface area (TPSA) is 46.2 Å². The molecule has 3 nitrogen and oxygen atoms in total. The Morgan fingerprint density at radius 1 is 1.20 bits per heavy atom. The van der Waals surface area contributed by atoms with Crippen molar-refractivity contribution in [3.05, 3.63) is 0 Å². The predicted octanol–water partition coefficient (Wildman–Crippen LogP) is 1.80. The molecule has 84 valence electrons. The molecule has 2 rings (SSSR count). The van der Waals surface area contributed by atoms with Crippen LogP contribution in [-0.4, -0.2) is 17.7 Å². The van der Waals surface area contributed by atoms with Crippen molar-refractivity contribution in [2.45, 2.75) is 57.9 Å². The van der Waals surface area contributed by atoms with E-state index >= 15 is 0 Å². The molecule has 1 N–H and O–H groups in total. The standard InChI is InChI=1S/C12H19NO2/c1-9(14)8-11(15)13-10-2-4-12(5-3-10)6-7-12/h10H,2-8H2,1H3,(H,13,15). The van der Waals surface area contributed by atoms with E-state index in [9.17, 15) is 9.59 Å². The van der Waals surface area contributed by atoms with Gasteiger partial charge in [-0.3, -0.25) is 9.59 Å². The van der Waals surface area contributed by atoms with Crippen molar-refractivity contribution in [1.29, 1.82) is 0 Å². The second kappa shape index (κ2) is 3.95. The number of nitrogens with one attached hydrogen (secondary N) is 1. The van der Waals surface area contributed by atoms with Crippen molar-refractivity contribution in [2.24, 2.45) is 5.41 Å². The van der Waals surface area contributed by atoms with Gasteiger partial charge in [0.15, 0.2) is 0 Å². The SMILES string of the molecule is CC(=O)CC(=O)NC1CCC2(CC1)CC2. The Morgan fingerprint density at radius 3 is 2.27 bits per heavy atom. The summed E-state index contributed by atoms with van der Waals surface area (Å²) in [5, 5.41) is 2.96. The predicted molar refractivity (Wildman–Crippen MR) is 57.4 cm³/mol. The molecular weight excluding hydrogens is 190 g/mol. The smallest absolute Gasteiger partial charge is 0.227 e. The quantitative estimate of drug-likeness (QED) is 0.720. The van der Waals surface area contributed by atoms with Crippen molar-refractivity contribution in [3.8, 4) is 0 Å². The molecule has 0 heterocycles. The second-order valence-corrected chi connectivity index (χ2v) is 5.22. The van der Waals surface area contributed by atoms with Crippen molar-refractivity contribution in [3.63, 3.8) is 0 Å². The largest absolute Gasteiger partial charge is 0.353 e. The van der Waals surface area contributed by atoms with Gasteiger partial charge in [0, 0.05) is 6.04 Å². The Balaban J connectivity index is 1.71. The van der Waals surface area contributed by atoms with Gasteiger partial charge in [0.2, 0.25) is 5.91 Å². The number of rotatable bonds is 3. The van der Waals surface area contributed by atoms with Crippen LogP contribution in [0.1, 0.15) is 51.9 Å². The van der Waals surface area contributed by atoms with Crippen molar-refractivity contribution < 1.29 is 9.59 Å². The van der Waals surface area contributed by atoms with Gasteiger partial charge in [0.25, 0.3) is 0 Å². The molecule has 15 heavy (non-hydrogen) atoms. The first-order valence-corrected chi connectivity index (χ1v) is 5.88. The summed E-state index contributed by atoms with van der Waals surface area (Å²) >= 11 is 0. The molecule has 0 aliphatic heterocycles. The molecular formula is C12H19NO2. The maximum absolute atomic E-state index is 11.4. The van der Waals surface area contributed by atoms with E-state index in [1.165, 1.54) is 32.6 Å². The minimum absolute atomic E-state index is 0.0433. The van der Waals surface area contributed by atoms with E-state index in [1.54, 1.807) is 0 Å². The first kappa shape index (κ1) is 10.7. The van der Waals surface area contributed by atoms with Crippen molar-refractivity contribution in [1.82, 2.24) is 5.32 Å². The van der Waals surface area contributed by atoms with Crippen molar-refractivity contribution in [2.75, 3.05) is 0 Å². The number of Topliss-reactive ketones (excluding diaryl/α,β-unsaturated/α-hetero) is 1. The van der Waals surface area contributed by atoms with Gasteiger partial charge in [0.05, 0.1) is 6.42 Å². The first-order chi connectivity index (χ1) is 7.10. The minimum Gasteiger partial charge on any atom is -0.353 e. The van der Waals surface area contributed by atoms with Crippen LogP contribution in [0.3, 0.4) is 0 Å². The molecule has 2 aliphatic carbocycles. The molecule has 0 aromatic rings. The number of ketones is 1. The summed E-state index contributed by atoms with van der Waals surface area (Å²) in [5.74, 6) is -0.152. The molecule has 3 heteroatoms. The summed E-state index contributed by atoms with van der Waals surface area (Å²) in [6, 6.07) is 0.322. The van der Waals surface area contributed by atoms with Crippen molar-refractivity contribution >= 4 is 11.7 Å². The highest BCUT2D eigenvalue weighted by Gasteiger charge is 2.44. The molecule has 2 fully saturated rings. The third-order valence-electron chi connectivity index (χ3n) is 3.78. The number of carbonyl (C=O) groups excluding carboxylic acids is 2. The van der Waals surface area contributed by atoms with Gasteiger partial charge in [-0.25, -0.2) is 0 Å². The highest BCUT2D eigenvalue weighted by Crippen LogP contribution is 2.56. The Kier molecular flexibility index (Phi) is 2.81. The molecule has 0 aromatic heterocycles. The number of amides is 1. The van der Waals surface area contributed by atoms with Gasteiger partial charge < -0.3 is 5.32 Å². The molecule has 2 aliphatic rings. The number of hydrogen-bond acceptors (Lipinski definition) is 2. The zero-order valence-electron chi connectivity index (χ0n) is 9.34. The Morgan fingerprint density at radius 2 is 1.80 bits per heavy atom. The van der Waals surface area contributed by atoms with Gasteiger partial charge in [-0.2, -0.15) is 0 Å². The molecule has 0 saturated heterocycles. The maximum atomic E-state index is 11.4. The fourth-order valence-corrected chi connectivity index (χ4v) is 2.56. The van der Waals surface area contributed by atoms with E-state index in [0.29, 0.717) is 11.5 Å². The average molecular weight is 209 g/mol. The summed E-state index contributed by atoms with van der Waals surface area (Å²) in [6.07, 6.45) is 7.55. The van der Waals surface area contributed by atoms with E-state index in [1.807, 2.05) is 0 Å². The Bertz CT molecular complexity index is 271. The fourth-order valence-electron chi connectivity index (χ4n) is 2.56. The van der Waals surface area contributed by atoms with Crippen LogP contribution in [0.5, 0.6) is 0 Å². The molecule has 0 bridgehead atoms. The lowest BCUT2D eigenvalue weighted by molar-refractivity contribution is -0.127. The van der Waals surface area contributed by atoms with E-state index < -0.39 is 0 Å². The van der Waals surface area contributed by atoms with E-state index in [0.717, 1.165) is 12.8 Å². The van der Waals surface area contributed by atoms with Crippen LogP contribution >= 0.6 is 0 Å². The molecule has 2 saturated carbocycles. The van der Waals surface area contributed by atoms with Gasteiger partial charge >= 0.3 is 0 Å². The third-order valence-corrected chi connectivity index (χ3v) is 3.78. The lowest BCUT2D eigenvalue weighted by atomic mass is 9.83. The lowest BCUT2D eigenvalue weighted by Gasteiger charge is -2.28. The Hall–Kier alpha value is -0.860. The van der Waals surface area contributed by atoms with Crippen LogP contribution < -0.4 is 5.32 Å². The summed E-state index contributed by atoms with van der Waals surface area (Å²) in [7, 11) is 0. The second-order valence-electron chi connectivity index (χ2n) is 5.22. The summed E-state index contributed by atoms with van der Waals surface area (Å²) < 4.78 is 0. The van der Waals surface area contributed by atoms with Gasteiger partial charge in [-0.15, -0.1) is 0 Å². The monoisotopic (exact) mass is 209 g/mol. The summed E-state index contributed by atoms with van der Waals surface area (Å²) in [5.41, 5.74) is 0.668. The van der Waals surface area contributed by atoms with E-state index in [-0.39, 0.29) is 18.1 Å². The Labute approximate surface area is 90.6 Å². The van der Waals surface area contributed by atoms with E-state index in [2.05, 4.69) is 5.32 Å². The van der Waals surface area contributed by atoms with Gasteiger partial charge in [-0.1, -0.05) is 0 Å². The van der Waals surface area contributed by atoms with Gasteiger partial charge in [0.1, 0.15) is 5.78 Å². The van der Waals surface area contributed by atoms with Crippen LogP contribution in [0.4, 0.5) is 0 Å². The van der Waals surface area contributed by atoms with Crippen LogP contribution in [0, 0.1) is 5.41 Å². The van der Waals surface area contributed by atoms with E-state index in [4.69, 9.17) is 0 Å². The first-order valence-electron chi connectivity index (χ1n) is 5.88. The lowest BCUT2D eigenvalue weighted by Crippen LogP contribution is -2.38. The number of hydrogen-bond donors (Lipinski definition) is 1. The van der Waals surface area contributed by atoms with Gasteiger partial charge in [-0.05, 0) is 50.9 Å². The van der Waals surface area contributed by atoms with Crippen LogP contribution in [0.25, 0.3) is 0 Å².